The minimum absolute atomic E-state index is 0.0242. The van der Waals surface area contributed by atoms with Crippen molar-refractivity contribution in [1.82, 2.24) is 10.2 Å². The van der Waals surface area contributed by atoms with Crippen LogP contribution >= 0.6 is 11.8 Å². The van der Waals surface area contributed by atoms with E-state index in [9.17, 15) is 18.4 Å². The first-order valence-electron chi connectivity index (χ1n) is 7.07. The second-order valence-corrected chi connectivity index (χ2v) is 6.26. The second-order valence-electron chi connectivity index (χ2n) is 5.19. The Morgan fingerprint density at radius 1 is 1.32 bits per heavy atom. The Labute approximate surface area is 132 Å². The first kappa shape index (κ1) is 16.7. The predicted octanol–water partition coefficient (Wildman–Crippen LogP) is 2.74. The highest BCUT2D eigenvalue weighted by Crippen LogP contribution is 2.25. The van der Waals surface area contributed by atoms with Gasteiger partial charge in [-0.05, 0) is 37.1 Å². The van der Waals surface area contributed by atoms with Crippen molar-refractivity contribution < 1.29 is 18.4 Å². The molecule has 0 unspecified atom stereocenters. The fourth-order valence-electron chi connectivity index (χ4n) is 2.53. The number of benzene rings is 1. The number of rotatable bonds is 4. The molecule has 0 radical (unpaired) electrons. The molecule has 0 aromatic heterocycles. The largest absolute Gasteiger partial charge is 0.352 e. The summed E-state index contributed by atoms with van der Waals surface area (Å²) in [5.74, 6) is -2.71. The second kappa shape index (κ2) is 7.58. The van der Waals surface area contributed by atoms with Gasteiger partial charge in [0.1, 0.15) is 0 Å². The van der Waals surface area contributed by atoms with Gasteiger partial charge in [0.05, 0.1) is 0 Å². The van der Waals surface area contributed by atoms with E-state index in [1.54, 1.807) is 17.0 Å². The number of nitrogens with zero attached hydrogens (tertiary/aromatic N) is 1. The predicted molar refractivity (Wildman–Crippen MR) is 81.0 cm³/mol. The maximum absolute atomic E-state index is 12.4. The number of nitrogens with one attached hydrogen (secondary N) is 1. The van der Waals surface area contributed by atoms with E-state index in [1.165, 1.54) is 19.1 Å². The molecule has 7 heteroatoms. The molecule has 0 spiro atoms. The number of carbonyl (C=O) groups is 2. The summed E-state index contributed by atoms with van der Waals surface area (Å²) in [4.78, 5) is 25.7. The van der Waals surface area contributed by atoms with Gasteiger partial charge >= 0.3 is 0 Å². The molecular formula is C15H18F2N2O2S. The van der Waals surface area contributed by atoms with Gasteiger partial charge in [-0.15, -0.1) is 0 Å². The molecule has 2 amide bonds. The quantitative estimate of drug-likeness (QED) is 0.865. The zero-order valence-corrected chi connectivity index (χ0v) is 13.0. The van der Waals surface area contributed by atoms with Gasteiger partial charge in [0.25, 0.3) is 11.7 Å². The van der Waals surface area contributed by atoms with Crippen LogP contribution in [0.15, 0.2) is 29.2 Å². The number of alkyl halides is 2. The van der Waals surface area contributed by atoms with Crippen LogP contribution in [0.1, 0.15) is 30.1 Å². The molecule has 1 atom stereocenters. The summed E-state index contributed by atoms with van der Waals surface area (Å²) in [6.45, 7) is 2.58. The third kappa shape index (κ3) is 4.69. The molecule has 4 nitrogen and oxygen atoms in total. The number of likely N-dealkylation sites (tertiary alicyclic amines) is 1. The fourth-order valence-corrected chi connectivity index (χ4v) is 3.03. The zero-order valence-electron chi connectivity index (χ0n) is 12.2. The first-order valence-corrected chi connectivity index (χ1v) is 7.95. The molecule has 0 bridgehead atoms. The third-order valence-electron chi connectivity index (χ3n) is 3.44. The Morgan fingerprint density at radius 3 is 2.59 bits per heavy atom. The van der Waals surface area contributed by atoms with Crippen LogP contribution in [0.25, 0.3) is 0 Å². The Morgan fingerprint density at radius 2 is 2.00 bits per heavy atom. The van der Waals surface area contributed by atoms with Gasteiger partial charge in [-0.25, -0.2) is 0 Å². The van der Waals surface area contributed by atoms with E-state index < -0.39 is 5.76 Å². The van der Waals surface area contributed by atoms with Crippen molar-refractivity contribution in [3.63, 3.8) is 0 Å². The summed E-state index contributed by atoms with van der Waals surface area (Å²) < 4.78 is 24.5. The lowest BCUT2D eigenvalue weighted by Gasteiger charge is -2.33. The summed E-state index contributed by atoms with van der Waals surface area (Å²) in [5.41, 5.74) is 0.474. The highest BCUT2D eigenvalue weighted by atomic mass is 32.2. The van der Waals surface area contributed by atoms with E-state index in [2.05, 4.69) is 5.32 Å². The topological polar surface area (TPSA) is 49.4 Å². The van der Waals surface area contributed by atoms with Crippen molar-refractivity contribution in [3.8, 4) is 0 Å². The van der Waals surface area contributed by atoms with Crippen molar-refractivity contribution in [3.05, 3.63) is 29.8 Å². The lowest BCUT2D eigenvalue weighted by molar-refractivity contribution is -0.120. The minimum atomic E-state index is -2.47. The molecule has 22 heavy (non-hydrogen) atoms. The van der Waals surface area contributed by atoms with Gasteiger partial charge in [0.15, 0.2) is 0 Å². The average molecular weight is 328 g/mol. The number of thioether (sulfide) groups is 1. The van der Waals surface area contributed by atoms with E-state index in [4.69, 9.17) is 0 Å². The van der Waals surface area contributed by atoms with E-state index >= 15 is 0 Å². The molecule has 1 aliphatic heterocycles. The molecule has 1 saturated heterocycles. The van der Waals surface area contributed by atoms with Crippen molar-refractivity contribution in [2.75, 3.05) is 13.1 Å². The van der Waals surface area contributed by atoms with Gasteiger partial charge in [-0.1, -0.05) is 11.8 Å². The van der Waals surface area contributed by atoms with Gasteiger partial charge in [-0.2, -0.15) is 8.78 Å². The standard InChI is InChI=1S/C15H18F2N2O2S/c1-10(20)18-12-3-2-8-19(9-12)14(21)11-4-6-13(7-5-11)22-15(16)17/h4-7,12,15H,2-3,8-9H2,1H3,(H,18,20)/t12-/m0/s1. The molecule has 1 fully saturated rings. The molecule has 0 saturated carbocycles. The Hall–Kier alpha value is -1.63. The van der Waals surface area contributed by atoms with Gasteiger partial charge in [0.2, 0.25) is 5.91 Å². The summed E-state index contributed by atoms with van der Waals surface area (Å²) >= 11 is 0.456. The molecule has 120 valence electrons. The average Bonchev–Trinajstić information content (AvgIpc) is 2.46. The molecule has 1 aliphatic rings. The van der Waals surface area contributed by atoms with Crippen LogP contribution in [0.3, 0.4) is 0 Å². The van der Waals surface area contributed by atoms with Crippen molar-refractivity contribution in [2.24, 2.45) is 0 Å². The lowest BCUT2D eigenvalue weighted by atomic mass is 10.0. The molecule has 2 rings (SSSR count). The normalized spacial score (nSPS) is 18.4. The Balaban J connectivity index is 1.99. The number of hydrogen-bond donors (Lipinski definition) is 1. The summed E-state index contributed by atoms with van der Waals surface area (Å²) in [6, 6.07) is 6.16. The zero-order chi connectivity index (χ0) is 16.1. The molecule has 1 heterocycles. The maximum atomic E-state index is 12.4. The highest BCUT2D eigenvalue weighted by Gasteiger charge is 2.24. The van der Waals surface area contributed by atoms with Crippen LogP contribution in [0.4, 0.5) is 8.78 Å². The van der Waals surface area contributed by atoms with Gasteiger partial charge in [-0.3, -0.25) is 9.59 Å². The fraction of sp³-hybridized carbons (Fsp3) is 0.467. The summed E-state index contributed by atoms with van der Waals surface area (Å²) in [7, 11) is 0. The van der Waals surface area contributed by atoms with E-state index in [0.717, 1.165) is 12.8 Å². The number of hydrogen-bond acceptors (Lipinski definition) is 3. The van der Waals surface area contributed by atoms with E-state index in [1.807, 2.05) is 0 Å². The molecule has 0 aliphatic carbocycles. The van der Waals surface area contributed by atoms with Crippen LogP contribution < -0.4 is 5.32 Å². The maximum Gasteiger partial charge on any atom is 0.288 e. The Kier molecular flexibility index (Phi) is 5.76. The van der Waals surface area contributed by atoms with Crippen LogP contribution in [-0.4, -0.2) is 41.6 Å². The van der Waals surface area contributed by atoms with Crippen LogP contribution in [-0.2, 0) is 4.79 Å². The first-order chi connectivity index (χ1) is 10.5. The van der Waals surface area contributed by atoms with Gasteiger partial charge in [0, 0.05) is 36.5 Å². The number of carbonyl (C=O) groups excluding carboxylic acids is 2. The van der Waals surface area contributed by atoms with Crippen molar-refractivity contribution in [1.29, 1.82) is 0 Å². The molecule has 1 aromatic carbocycles. The van der Waals surface area contributed by atoms with Crippen LogP contribution in [0.2, 0.25) is 0 Å². The lowest BCUT2D eigenvalue weighted by Crippen LogP contribution is -2.49. The van der Waals surface area contributed by atoms with Crippen molar-refractivity contribution >= 4 is 23.6 Å². The molecule has 1 N–H and O–H groups in total. The minimum Gasteiger partial charge on any atom is -0.352 e. The SMILES string of the molecule is CC(=O)N[C@H]1CCCN(C(=O)c2ccc(SC(F)F)cc2)C1. The smallest absolute Gasteiger partial charge is 0.288 e. The van der Waals surface area contributed by atoms with E-state index in [-0.39, 0.29) is 17.9 Å². The van der Waals surface area contributed by atoms with E-state index in [0.29, 0.717) is 35.3 Å². The van der Waals surface area contributed by atoms with Gasteiger partial charge < -0.3 is 10.2 Å². The summed E-state index contributed by atoms with van der Waals surface area (Å²) in [5, 5.41) is 2.83. The Bertz CT molecular complexity index is 537. The number of amides is 2. The summed E-state index contributed by atoms with van der Waals surface area (Å²) in [6.07, 6.45) is 1.68. The number of piperidine rings is 1. The third-order valence-corrected chi connectivity index (χ3v) is 4.16. The van der Waals surface area contributed by atoms with Crippen LogP contribution in [0.5, 0.6) is 0 Å². The molecular weight excluding hydrogens is 310 g/mol. The highest BCUT2D eigenvalue weighted by molar-refractivity contribution is 7.99. The van der Waals surface area contributed by atoms with Crippen molar-refractivity contribution in [2.45, 2.75) is 36.5 Å². The number of halogens is 2. The monoisotopic (exact) mass is 328 g/mol. The van der Waals surface area contributed by atoms with Crippen LogP contribution in [0, 0.1) is 0 Å². The molecule has 1 aromatic rings.